The number of carbonyl (C=O) groups excluding carboxylic acids is 4. The molecule has 2 N–H and O–H groups in total. The first-order valence-corrected chi connectivity index (χ1v) is 16.5. The number of nitrogens with zero attached hydrogens (tertiary/aromatic N) is 2. The lowest BCUT2D eigenvalue weighted by Gasteiger charge is -2.37. The SMILES string of the molecule is C[C@H](CO)N1C(=O)[C@@H]2[C@H]3C(=O)O[C@H](c4ccccc4)[C@@H](C)NC(=O)CC/C=C\[C@H]3O[C@@]23C=CCN(c2ccc4ccccc4c2)C(=O)[C@@H]13. The average Bonchev–Trinajstić information content (AvgIpc) is 3.49. The van der Waals surface area contributed by atoms with E-state index in [2.05, 4.69) is 5.32 Å². The van der Waals surface area contributed by atoms with Gasteiger partial charge in [-0.05, 0) is 48.7 Å². The molecule has 3 aromatic rings. The number of fused-ring (bicyclic) bond motifs is 3. The molecule has 4 aliphatic rings. The van der Waals surface area contributed by atoms with Gasteiger partial charge in [0, 0.05) is 18.7 Å². The van der Waals surface area contributed by atoms with Gasteiger partial charge in [-0.1, -0.05) is 85.0 Å². The van der Waals surface area contributed by atoms with E-state index in [0.29, 0.717) is 17.7 Å². The maximum atomic E-state index is 14.8. The summed E-state index contributed by atoms with van der Waals surface area (Å²) >= 11 is 0. The summed E-state index contributed by atoms with van der Waals surface area (Å²) in [6.07, 6.45) is 5.94. The number of anilines is 1. The quantitative estimate of drug-likeness (QED) is 0.325. The standard InChI is InChI=1S/C38H39N3O7/c1-23(22-42)41-34-36(45)40(28-18-17-25-11-6-7-14-27(25)21-28)20-10-19-38(34)32(35(41)44)31-29(48-38)15-8-9-16-30(43)39-24(2)33(47-37(31)46)26-12-4-3-5-13-26/h3-8,10-15,17-19,21,23-24,29,31-34,42H,9,16,20,22H2,1-2H3,(H,39,43)/b15-8-/t23-,24-,29-,31+,32+,33+,34-,38+/m1/s1. The maximum absolute atomic E-state index is 14.8. The Morgan fingerprint density at radius 3 is 2.48 bits per heavy atom. The Bertz CT molecular complexity index is 1810. The van der Waals surface area contributed by atoms with Gasteiger partial charge in [-0.2, -0.15) is 0 Å². The third-order valence-corrected chi connectivity index (χ3v) is 10.1. The van der Waals surface area contributed by atoms with Crippen LogP contribution in [0.2, 0.25) is 0 Å². The Balaban J connectivity index is 1.32. The molecule has 3 amide bonds. The molecule has 10 nitrogen and oxygen atoms in total. The van der Waals surface area contributed by atoms with Crippen LogP contribution in [0.15, 0.2) is 97.1 Å². The minimum absolute atomic E-state index is 0.181. The highest BCUT2D eigenvalue weighted by molar-refractivity contribution is 6.06. The van der Waals surface area contributed by atoms with Crippen LogP contribution in [0.3, 0.4) is 0 Å². The fourth-order valence-corrected chi connectivity index (χ4v) is 7.78. The highest BCUT2D eigenvalue weighted by atomic mass is 16.6. The first-order chi connectivity index (χ1) is 23.2. The molecule has 4 heterocycles. The molecule has 0 aliphatic carbocycles. The van der Waals surface area contributed by atoms with Gasteiger partial charge in [0.1, 0.15) is 23.7 Å². The van der Waals surface area contributed by atoms with E-state index < -0.39 is 59.6 Å². The molecule has 48 heavy (non-hydrogen) atoms. The third kappa shape index (κ3) is 5.29. The number of carbonyl (C=O) groups is 4. The van der Waals surface area contributed by atoms with Crippen LogP contribution >= 0.6 is 0 Å². The molecular weight excluding hydrogens is 610 g/mol. The van der Waals surface area contributed by atoms with Gasteiger partial charge in [0.25, 0.3) is 5.91 Å². The van der Waals surface area contributed by atoms with Crippen molar-refractivity contribution in [3.05, 3.63) is 103 Å². The van der Waals surface area contributed by atoms with E-state index in [0.717, 1.165) is 10.8 Å². The molecule has 10 heteroatoms. The van der Waals surface area contributed by atoms with Gasteiger partial charge < -0.3 is 29.7 Å². The topological polar surface area (TPSA) is 125 Å². The van der Waals surface area contributed by atoms with Gasteiger partial charge in [-0.15, -0.1) is 0 Å². The molecule has 2 fully saturated rings. The Labute approximate surface area is 279 Å². The van der Waals surface area contributed by atoms with Crippen molar-refractivity contribution in [2.24, 2.45) is 11.8 Å². The minimum Gasteiger partial charge on any atom is -0.455 e. The molecule has 0 radical (unpaired) electrons. The zero-order valence-corrected chi connectivity index (χ0v) is 26.9. The molecule has 7 rings (SSSR count). The van der Waals surface area contributed by atoms with Crippen LogP contribution in [0.5, 0.6) is 0 Å². The van der Waals surface area contributed by atoms with Crippen molar-refractivity contribution in [3.63, 3.8) is 0 Å². The zero-order valence-electron chi connectivity index (χ0n) is 26.9. The number of esters is 1. The molecule has 1 spiro atoms. The number of rotatable bonds is 4. The van der Waals surface area contributed by atoms with Crippen LogP contribution in [0.25, 0.3) is 10.8 Å². The van der Waals surface area contributed by atoms with E-state index >= 15 is 0 Å². The normalized spacial score (nSPS) is 31.9. The first kappa shape index (κ1) is 31.8. The molecule has 3 aromatic carbocycles. The van der Waals surface area contributed by atoms with E-state index in [9.17, 15) is 24.3 Å². The predicted molar refractivity (Wildman–Crippen MR) is 178 cm³/mol. The minimum atomic E-state index is -1.51. The molecule has 2 saturated heterocycles. The van der Waals surface area contributed by atoms with Crippen molar-refractivity contribution in [1.29, 1.82) is 0 Å². The predicted octanol–water partition coefficient (Wildman–Crippen LogP) is 3.84. The van der Waals surface area contributed by atoms with E-state index in [1.165, 1.54) is 4.90 Å². The van der Waals surface area contributed by atoms with Crippen LogP contribution in [-0.4, -0.2) is 76.7 Å². The number of benzene rings is 3. The monoisotopic (exact) mass is 649 g/mol. The summed E-state index contributed by atoms with van der Waals surface area (Å²) in [7, 11) is 0. The van der Waals surface area contributed by atoms with E-state index in [1.807, 2.05) is 78.9 Å². The molecular formula is C38H39N3O7. The Hall–Kier alpha value is -4.80. The van der Waals surface area contributed by atoms with Crippen molar-refractivity contribution >= 4 is 40.2 Å². The van der Waals surface area contributed by atoms with Gasteiger partial charge in [-0.25, -0.2) is 0 Å². The molecule has 248 valence electrons. The smallest absolute Gasteiger partial charge is 0.313 e. The fraction of sp³-hybridized carbons (Fsp3) is 0.368. The summed E-state index contributed by atoms with van der Waals surface area (Å²) in [6.45, 7) is 3.30. The second kappa shape index (κ2) is 12.7. The molecule has 0 aromatic heterocycles. The van der Waals surface area contributed by atoms with E-state index in [-0.39, 0.29) is 31.4 Å². The first-order valence-electron chi connectivity index (χ1n) is 16.5. The average molecular weight is 650 g/mol. The van der Waals surface area contributed by atoms with Crippen LogP contribution in [0.1, 0.15) is 38.4 Å². The van der Waals surface area contributed by atoms with Crippen LogP contribution in [0.4, 0.5) is 5.69 Å². The Morgan fingerprint density at radius 2 is 1.71 bits per heavy atom. The number of hydrogen-bond donors (Lipinski definition) is 2. The summed E-state index contributed by atoms with van der Waals surface area (Å²) in [4.78, 5) is 59.6. The third-order valence-electron chi connectivity index (χ3n) is 10.1. The summed E-state index contributed by atoms with van der Waals surface area (Å²) in [5.41, 5.74) is -0.156. The number of aliphatic hydroxyl groups excluding tert-OH is 1. The van der Waals surface area contributed by atoms with Crippen LogP contribution in [0, 0.1) is 11.8 Å². The number of aliphatic hydroxyl groups is 1. The molecule has 0 bridgehead atoms. The summed E-state index contributed by atoms with van der Waals surface area (Å²) in [6, 6.07) is 20.4. The van der Waals surface area contributed by atoms with Crippen molar-refractivity contribution in [2.75, 3.05) is 18.1 Å². The van der Waals surface area contributed by atoms with Crippen LogP contribution < -0.4 is 10.2 Å². The molecule has 0 saturated carbocycles. The molecule has 8 atom stereocenters. The van der Waals surface area contributed by atoms with E-state index in [1.54, 1.807) is 37.0 Å². The van der Waals surface area contributed by atoms with Gasteiger partial charge in [0.05, 0.1) is 30.7 Å². The lowest BCUT2D eigenvalue weighted by Crippen LogP contribution is -2.57. The van der Waals surface area contributed by atoms with Crippen molar-refractivity contribution < 1.29 is 33.8 Å². The fourth-order valence-electron chi connectivity index (χ4n) is 7.78. The lowest BCUT2D eigenvalue weighted by atomic mass is 9.77. The number of ether oxygens (including phenoxy) is 2. The number of hydrogen-bond acceptors (Lipinski definition) is 7. The van der Waals surface area contributed by atoms with Crippen LogP contribution in [-0.2, 0) is 28.7 Å². The number of likely N-dealkylation sites (tertiary alicyclic amines) is 1. The van der Waals surface area contributed by atoms with Crippen molar-refractivity contribution in [3.8, 4) is 0 Å². The number of cyclic esters (lactones) is 1. The molecule has 4 aliphatic heterocycles. The highest BCUT2D eigenvalue weighted by Gasteiger charge is 2.72. The number of amides is 3. The lowest BCUT2D eigenvalue weighted by molar-refractivity contribution is -0.161. The van der Waals surface area contributed by atoms with Crippen molar-refractivity contribution in [2.45, 2.75) is 62.6 Å². The summed E-state index contributed by atoms with van der Waals surface area (Å²) in [5, 5.41) is 15.3. The molecule has 0 unspecified atom stereocenters. The Morgan fingerprint density at radius 1 is 0.958 bits per heavy atom. The Kier molecular flexibility index (Phi) is 8.39. The summed E-state index contributed by atoms with van der Waals surface area (Å²) < 4.78 is 13.0. The summed E-state index contributed by atoms with van der Waals surface area (Å²) in [5.74, 6) is -3.86. The highest BCUT2D eigenvalue weighted by Crippen LogP contribution is 2.54. The number of nitrogens with one attached hydrogen (secondary N) is 1. The second-order valence-electron chi connectivity index (χ2n) is 13.1. The van der Waals surface area contributed by atoms with Gasteiger partial charge in [0.15, 0.2) is 0 Å². The second-order valence-corrected chi connectivity index (χ2v) is 13.1. The zero-order chi connectivity index (χ0) is 33.6. The van der Waals surface area contributed by atoms with E-state index in [4.69, 9.17) is 9.47 Å². The maximum Gasteiger partial charge on any atom is 0.313 e. The number of allylic oxidation sites excluding steroid dienone is 1. The van der Waals surface area contributed by atoms with Gasteiger partial charge in [0.2, 0.25) is 11.8 Å². The van der Waals surface area contributed by atoms with Gasteiger partial charge in [-0.3, -0.25) is 19.2 Å². The largest absolute Gasteiger partial charge is 0.455 e. The van der Waals surface area contributed by atoms with Gasteiger partial charge >= 0.3 is 5.97 Å². The van der Waals surface area contributed by atoms with Crippen molar-refractivity contribution in [1.82, 2.24) is 10.2 Å².